The van der Waals surface area contributed by atoms with Crippen LogP contribution < -0.4 is 5.32 Å². The number of piperazine rings is 1. The third-order valence-corrected chi connectivity index (χ3v) is 5.77. The molecule has 2 fully saturated rings. The zero-order valence-electron chi connectivity index (χ0n) is 14.2. The number of aryl methyl sites for hydroxylation is 1. The highest BCUT2D eigenvalue weighted by molar-refractivity contribution is 7.99. The molecule has 1 unspecified atom stereocenters. The molecule has 1 aromatic rings. The summed E-state index contributed by atoms with van der Waals surface area (Å²) >= 11 is 1.91. The van der Waals surface area contributed by atoms with Crippen LogP contribution in [-0.2, 0) is 4.79 Å². The number of amides is 2. The van der Waals surface area contributed by atoms with Crippen LogP contribution in [0.2, 0.25) is 0 Å². The van der Waals surface area contributed by atoms with Crippen LogP contribution in [0.25, 0.3) is 0 Å². The van der Waals surface area contributed by atoms with Crippen molar-refractivity contribution in [2.24, 2.45) is 0 Å². The Balaban J connectivity index is 1.48. The third-order valence-electron chi connectivity index (χ3n) is 4.64. The number of nitrogens with one attached hydrogen (secondary N) is 1. The molecule has 2 heterocycles. The first-order chi connectivity index (χ1) is 11.6. The topological polar surface area (TPSA) is 52.7 Å². The van der Waals surface area contributed by atoms with E-state index in [-0.39, 0.29) is 11.8 Å². The van der Waals surface area contributed by atoms with Crippen molar-refractivity contribution in [1.82, 2.24) is 15.1 Å². The SMILES string of the molecule is Cc1ccc(C(=O)N2CCN(C(=O)CC3CSCCN3)CC2)cc1. The average molecular weight is 347 g/mol. The predicted molar refractivity (Wildman–Crippen MR) is 97.4 cm³/mol. The van der Waals surface area contributed by atoms with E-state index in [1.54, 1.807) is 0 Å². The van der Waals surface area contributed by atoms with Crippen LogP contribution in [0.15, 0.2) is 24.3 Å². The highest BCUT2D eigenvalue weighted by atomic mass is 32.2. The second-order valence-corrected chi connectivity index (χ2v) is 7.62. The number of thioether (sulfide) groups is 1. The lowest BCUT2D eigenvalue weighted by Gasteiger charge is -2.36. The summed E-state index contributed by atoms with van der Waals surface area (Å²) in [6.45, 7) is 5.50. The lowest BCUT2D eigenvalue weighted by atomic mass is 10.1. The number of carbonyl (C=O) groups excluding carboxylic acids is 2. The summed E-state index contributed by atoms with van der Waals surface area (Å²) in [6, 6.07) is 7.97. The van der Waals surface area contributed by atoms with E-state index in [4.69, 9.17) is 0 Å². The van der Waals surface area contributed by atoms with Crippen LogP contribution >= 0.6 is 11.8 Å². The van der Waals surface area contributed by atoms with Crippen LogP contribution in [-0.4, -0.2) is 71.9 Å². The third kappa shape index (κ3) is 4.30. The number of benzene rings is 1. The van der Waals surface area contributed by atoms with Crippen molar-refractivity contribution in [2.45, 2.75) is 19.4 Å². The summed E-state index contributed by atoms with van der Waals surface area (Å²) in [7, 11) is 0. The molecule has 0 bridgehead atoms. The van der Waals surface area contributed by atoms with Crippen LogP contribution in [0, 0.1) is 6.92 Å². The number of carbonyl (C=O) groups is 2. The van der Waals surface area contributed by atoms with Gasteiger partial charge in [-0.3, -0.25) is 9.59 Å². The van der Waals surface area contributed by atoms with E-state index >= 15 is 0 Å². The fourth-order valence-corrected chi connectivity index (χ4v) is 4.08. The molecular weight excluding hydrogens is 322 g/mol. The Morgan fingerprint density at radius 2 is 1.79 bits per heavy atom. The van der Waals surface area contributed by atoms with Gasteiger partial charge in [0, 0.05) is 62.3 Å². The van der Waals surface area contributed by atoms with Crippen molar-refractivity contribution >= 4 is 23.6 Å². The summed E-state index contributed by atoms with van der Waals surface area (Å²) in [5.74, 6) is 2.41. The van der Waals surface area contributed by atoms with E-state index in [2.05, 4.69) is 5.32 Å². The van der Waals surface area contributed by atoms with Crippen molar-refractivity contribution in [3.8, 4) is 0 Å². The van der Waals surface area contributed by atoms with Gasteiger partial charge in [-0.2, -0.15) is 11.8 Å². The van der Waals surface area contributed by atoms with Crippen LogP contribution in [0.3, 0.4) is 0 Å². The highest BCUT2D eigenvalue weighted by Crippen LogP contribution is 2.14. The fraction of sp³-hybridized carbons (Fsp3) is 0.556. The van der Waals surface area contributed by atoms with E-state index in [0.29, 0.717) is 38.6 Å². The normalized spacial score (nSPS) is 21.6. The van der Waals surface area contributed by atoms with Crippen molar-refractivity contribution in [3.63, 3.8) is 0 Å². The van der Waals surface area contributed by atoms with Crippen LogP contribution in [0.4, 0.5) is 0 Å². The summed E-state index contributed by atoms with van der Waals surface area (Å²) in [5, 5.41) is 3.41. The minimum Gasteiger partial charge on any atom is -0.339 e. The molecule has 2 aliphatic heterocycles. The van der Waals surface area contributed by atoms with Gasteiger partial charge in [0.2, 0.25) is 5.91 Å². The maximum Gasteiger partial charge on any atom is 0.253 e. The Morgan fingerprint density at radius 3 is 2.42 bits per heavy atom. The van der Waals surface area contributed by atoms with Gasteiger partial charge in [-0.05, 0) is 19.1 Å². The first-order valence-corrected chi connectivity index (χ1v) is 9.74. The van der Waals surface area contributed by atoms with Gasteiger partial charge in [-0.15, -0.1) is 0 Å². The van der Waals surface area contributed by atoms with E-state index < -0.39 is 0 Å². The Kier molecular flexibility index (Phi) is 5.79. The molecule has 2 amide bonds. The molecule has 2 saturated heterocycles. The molecule has 1 aromatic carbocycles. The number of rotatable bonds is 3. The van der Waals surface area contributed by atoms with Gasteiger partial charge in [-0.25, -0.2) is 0 Å². The van der Waals surface area contributed by atoms with Crippen LogP contribution in [0.5, 0.6) is 0 Å². The molecule has 2 aliphatic rings. The van der Waals surface area contributed by atoms with Gasteiger partial charge < -0.3 is 15.1 Å². The number of hydrogen-bond donors (Lipinski definition) is 1. The molecular formula is C18H25N3O2S. The monoisotopic (exact) mass is 347 g/mol. The smallest absolute Gasteiger partial charge is 0.253 e. The predicted octanol–water partition coefficient (Wildman–Crippen LogP) is 1.37. The molecule has 5 nitrogen and oxygen atoms in total. The Labute approximate surface area is 147 Å². The van der Waals surface area contributed by atoms with Crippen LogP contribution in [0.1, 0.15) is 22.3 Å². The molecule has 0 spiro atoms. The standard InChI is InChI=1S/C18H25N3O2S/c1-14-2-4-15(5-3-14)18(23)21-9-7-20(8-10-21)17(22)12-16-13-24-11-6-19-16/h2-5,16,19H,6-13H2,1H3. The maximum absolute atomic E-state index is 12.5. The molecule has 1 N–H and O–H groups in total. The minimum absolute atomic E-state index is 0.0625. The summed E-state index contributed by atoms with van der Waals surface area (Å²) < 4.78 is 0. The second kappa shape index (κ2) is 8.03. The Morgan fingerprint density at radius 1 is 1.12 bits per heavy atom. The highest BCUT2D eigenvalue weighted by Gasteiger charge is 2.26. The molecule has 0 aliphatic carbocycles. The van der Waals surface area contributed by atoms with Crippen molar-refractivity contribution < 1.29 is 9.59 Å². The molecule has 130 valence electrons. The van der Waals surface area contributed by atoms with Gasteiger partial charge in [0.05, 0.1) is 0 Å². The lowest BCUT2D eigenvalue weighted by Crippen LogP contribution is -2.52. The summed E-state index contributed by atoms with van der Waals surface area (Å²) in [4.78, 5) is 28.7. The first kappa shape index (κ1) is 17.3. The van der Waals surface area contributed by atoms with Gasteiger partial charge in [0.1, 0.15) is 0 Å². The van der Waals surface area contributed by atoms with E-state index in [1.165, 1.54) is 0 Å². The zero-order valence-corrected chi connectivity index (χ0v) is 15.0. The fourth-order valence-electron chi connectivity index (χ4n) is 3.13. The first-order valence-electron chi connectivity index (χ1n) is 8.58. The molecule has 0 radical (unpaired) electrons. The average Bonchev–Trinajstić information content (AvgIpc) is 2.63. The van der Waals surface area contributed by atoms with E-state index in [9.17, 15) is 9.59 Å². The quantitative estimate of drug-likeness (QED) is 0.897. The molecule has 1 atom stereocenters. The van der Waals surface area contributed by atoms with Crippen molar-refractivity contribution in [2.75, 3.05) is 44.2 Å². The lowest BCUT2D eigenvalue weighted by molar-refractivity contribution is -0.133. The van der Waals surface area contributed by atoms with Gasteiger partial charge in [0.15, 0.2) is 0 Å². The molecule has 0 saturated carbocycles. The number of hydrogen-bond acceptors (Lipinski definition) is 4. The van der Waals surface area contributed by atoms with E-state index in [0.717, 1.165) is 29.2 Å². The maximum atomic E-state index is 12.5. The minimum atomic E-state index is 0.0625. The molecule has 0 aromatic heterocycles. The summed E-state index contributed by atoms with van der Waals surface area (Å²) in [6.07, 6.45) is 0.568. The Bertz CT molecular complexity index is 576. The molecule has 3 rings (SSSR count). The number of nitrogens with zero attached hydrogens (tertiary/aromatic N) is 2. The largest absolute Gasteiger partial charge is 0.339 e. The van der Waals surface area contributed by atoms with Gasteiger partial charge in [0.25, 0.3) is 5.91 Å². The molecule has 24 heavy (non-hydrogen) atoms. The van der Waals surface area contributed by atoms with Gasteiger partial charge >= 0.3 is 0 Å². The van der Waals surface area contributed by atoms with E-state index in [1.807, 2.05) is 52.8 Å². The van der Waals surface area contributed by atoms with Gasteiger partial charge in [-0.1, -0.05) is 17.7 Å². The zero-order chi connectivity index (χ0) is 16.9. The van der Waals surface area contributed by atoms with Crippen molar-refractivity contribution in [3.05, 3.63) is 35.4 Å². The second-order valence-electron chi connectivity index (χ2n) is 6.47. The summed E-state index contributed by atoms with van der Waals surface area (Å²) in [5.41, 5.74) is 1.88. The Hall–Kier alpha value is -1.53. The van der Waals surface area contributed by atoms with Crippen molar-refractivity contribution in [1.29, 1.82) is 0 Å². The molecule has 6 heteroatoms.